The van der Waals surface area contributed by atoms with Crippen molar-refractivity contribution in [3.63, 3.8) is 0 Å². The Labute approximate surface area is 341 Å². The third-order valence-corrected chi connectivity index (χ3v) is 12.7. The van der Waals surface area contributed by atoms with Gasteiger partial charge < -0.3 is 4.57 Å². The number of para-hydroxylation sites is 3. The average Bonchev–Trinajstić information content (AvgIpc) is 3.89. The Bertz CT molecular complexity index is 3130. The lowest BCUT2D eigenvalue weighted by atomic mass is 9.81. The molecule has 3 aromatic heterocycles. The summed E-state index contributed by atoms with van der Waals surface area (Å²) in [7, 11) is 0. The molecule has 0 spiro atoms. The van der Waals surface area contributed by atoms with Gasteiger partial charge in [0, 0.05) is 50.2 Å². The molecule has 1 unspecified atom stereocenters. The third-order valence-electron chi connectivity index (χ3n) is 11.6. The van der Waals surface area contributed by atoms with E-state index in [1.54, 1.807) is 11.3 Å². The molecule has 0 radical (unpaired) electrons. The highest BCUT2D eigenvalue weighted by Gasteiger charge is 2.24. The molecule has 6 aromatic carbocycles. The standard InChI is InChI=1S/C53H38N4S/c1-2-42-49(35-14-5-3-6-15-35)55-52(37-16-7-4-8-17-37)56-50(42)36-26-24-34(25-27-36)38-28-29-40-33-41(31-30-39(40)32-38)57-47-22-11-9-18-43(47)44-19-13-20-45(51(44)57)53-54-46-21-10-12-23-48(46)58-53/h3-31,33,39H,2,32H2,1H3. The second-order valence-corrected chi connectivity index (χ2v) is 16.1. The summed E-state index contributed by atoms with van der Waals surface area (Å²) in [4.78, 5) is 15.4. The summed E-state index contributed by atoms with van der Waals surface area (Å²) >= 11 is 1.76. The monoisotopic (exact) mass is 762 g/mol. The topological polar surface area (TPSA) is 43.6 Å². The van der Waals surface area contributed by atoms with Crippen molar-refractivity contribution >= 4 is 54.6 Å². The van der Waals surface area contributed by atoms with E-state index >= 15 is 0 Å². The van der Waals surface area contributed by atoms with E-state index in [1.165, 1.54) is 48.9 Å². The maximum Gasteiger partial charge on any atom is 0.160 e. The van der Waals surface area contributed by atoms with Gasteiger partial charge in [-0.15, -0.1) is 11.3 Å². The van der Waals surface area contributed by atoms with Crippen molar-refractivity contribution in [1.82, 2.24) is 19.5 Å². The number of thiazole rings is 1. The van der Waals surface area contributed by atoms with Gasteiger partial charge in [-0.25, -0.2) is 15.0 Å². The van der Waals surface area contributed by atoms with Crippen LogP contribution in [0.2, 0.25) is 0 Å². The molecule has 0 fully saturated rings. The predicted octanol–water partition coefficient (Wildman–Crippen LogP) is 13.9. The van der Waals surface area contributed by atoms with Gasteiger partial charge in [0.15, 0.2) is 5.82 Å². The number of aromatic nitrogens is 4. The lowest BCUT2D eigenvalue weighted by Gasteiger charge is -2.25. The van der Waals surface area contributed by atoms with Crippen molar-refractivity contribution in [3.05, 3.63) is 199 Å². The van der Waals surface area contributed by atoms with Gasteiger partial charge in [0.2, 0.25) is 0 Å². The molecule has 2 aliphatic rings. The first-order valence-electron chi connectivity index (χ1n) is 20.0. The van der Waals surface area contributed by atoms with Crippen LogP contribution in [0, 0.1) is 5.92 Å². The van der Waals surface area contributed by atoms with E-state index in [-0.39, 0.29) is 0 Å². The largest absolute Gasteiger partial charge is 0.309 e. The van der Waals surface area contributed by atoms with Crippen molar-refractivity contribution < 1.29 is 0 Å². The van der Waals surface area contributed by atoms with Gasteiger partial charge in [-0.05, 0) is 66.0 Å². The van der Waals surface area contributed by atoms with Gasteiger partial charge in [-0.3, -0.25) is 0 Å². The van der Waals surface area contributed by atoms with Crippen LogP contribution < -0.4 is 0 Å². The molecule has 0 aliphatic heterocycles. The molecule has 2 aliphatic carbocycles. The zero-order chi connectivity index (χ0) is 38.6. The molecule has 58 heavy (non-hydrogen) atoms. The van der Waals surface area contributed by atoms with E-state index in [4.69, 9.17) is 15.0 Å². The van der Waals surface area contributed by atoms with Gasteiger partial charge in [0.25, 0.3) is 0 Å². The molecule has 0 bridgehead atoms. The summed E-state index contributed by atoms with van der Waals surface area (Å²) in [6.07, 6.45) is 13.5. The Morgan fingerprint density at radius 1 is 0.621 bits per heavy atom. The minimum absolute atomic E-state index is 0.302. The minimum Gasteiger partial charge on any atom is -0.309 e. The van der Waals surface area contributed by atoms with E-state index in [0.717, 1.165) is 68.4 Å². The van der Waals surface area contributed by atoms with Gasteiger partial charge in [-0.1, -0.05) is 153 Å². The van der Waals surface area contributed by atoms with Crippen LogP contribution in [0.3, 0.4) is 0 Å². The van der Waals surface area contributed by atoms with Crippen molar-refractivity contribution in [2.45, 2.75) is 19.8 Å². The molecule has 0 N–H and O–H groups in total. The summed E-state index contributed by atoms with van der Waals surface area (Å²) in [6.45, 7) is 2.20. The number of hydrogen-bond donors (Lipinski definition) is 0. The summed E-state index contributed by atoms with van der Waals surface area (Å²) in [5, 5.41) is 3.54. The molecule has 11 rings (SSSR count). The Morgan fingerprint density at radius 2 is 1.29 bits per heavy atom. The first-order chi connectivity index (χ1) is 28.7. The van der Waals surface area contributed by atoms with Crippen molar-refractivity contribution in [2.24, 2.45) is 5.92 Å². The molecule has 3 heterocycles. The number of allylic oxidation sites excluding steroid dienone is 8. The van der Waals surface area contributed by atoms with Crippen LogP contribution in [0.4, 0.5) is 0 Å². The molecule has 0 amide bonds. The number of rotatable bonds is 7. The Balaban J connectivity index is 0.958. The van der Waals surface area contributed by atoms with E-state index in [1.807, 2.05) is 18.2 Å². The normalized spacial score (nSPS) is 15.1. The van der Waals surface area contributed by atoms with Crippen LogP contribution in [-0.4, -0.2) is 19.5 Å². The molecule has 0 saturated heterocycles. The van der Waals surface area contributed by atoms with E-state index in [0.29, 0.717) is 5.92 Å². The van der Waals surface area contributed by atoms with Gasteiger partial charge >= 0.3 is 0 Å². The molecule has 276 valence electrons. The van der Waals surface area contributed by atoms with Gasteiger partial charge in [0.1, 0.15) is 5.01 Å². The van der Waals surface area contributed by atoms with E-state index in [9.17, 15) is 0 Å². The van der Waals surface area contributed by atoms with Crippen LogP contribution >= 0.6 is 11.3 Å². The van der Waals surface area contributed by atoms with E-state index < -0.39 is 0 Å². The van der Waals surface area contributed by atoms with Crippen LogP contribution in [0.1, 0.15) is 24.5 Å². The molecular formula is C53H38N4S. The van der Waals surface area contributed by atoms with Crippen LogP contribution in [0.15, 0.2) is 188 Å². The third kappa shape index (κ3) is 5.86. The lowest BCUT2D eigenvalue weighted by Crippen LogP contribution is -2.10. The van der Waals surface area contributed by atoms with Gasteiger partial charge in [-0.2, -0.15) is 0 Å². The fourth-order valence-electron chi connectivity index (χ4n) is 8.76. The fourth-order valence-corrected chi connectivity index (χ4v) is 9.75. The number of fused-ring (bicyclic) bond motifs is 5. The molecule has 4 nitrogen and oxygen atoms in total. The zero-order valence-corrected chi connectivity index (χ0v) is 32.8. The Hall–Kier alpha value is -6.95. The SMILES string of the molecule is CCc1c(-c2ccccc2)nc(-c2ccccc2)nc1-c1ccc(C2=CC=C3C=C(n4c5ccccc5c5cccc(-c6nc7ccccc7s6)c54)C=CC3C2)cc1. The van der Waals surface area contributed by atoms with Crippen molar-refractivity contribution in [2.75, 3.05) is 0 Å². The van der Waals surface area contributed by atoms with Crippen molar-refractivity contribution in [1.29, 1.82) is 0 Å². The van der Waals surface area contributed by atoms with Crippen LogP contribution in [0.25, 0.3) is 87.8 Å². The van der Waals surface area contributed by atoms with Crippen LogP contribution in [-0.2, 0) is 6.42 Å². The number of nitrogens with zero attached hydrogens (tertiary/aromatic N) is 4. The summed E-state index contributed by atoms with van der Waals surface area (Å²) in [6, 6.07) is 53.6. The second-order valence-electron chi connectivity index (χ2n) is 15.0. The lowest BCUT2D eigenvalue weighted by molar-refractivity contribution is 0.791. The van der Waals surface area contributed by atoms with E-state index in [2.05, 4.69) is 175 Å². The first-order valence-corrected chi connectivity index (χ1v) is 20.8. The number of hydrogen-bond acceptors (Lipinski definition) is 4. The maximum atomic E-state index is 5.21. The summed E-state index contributed by atoms with van der Waals surface area (Å²) in [5.41, 5.74) is 16.1. The molecular weight excluding hydrogens is 725 g/mol. The highest BCUT2D eigenvalue weighted by Crippen LogP contribution is 2.43. The van der Waals surface area contributed by atoms with Gasteiger partial charge in [0.05, 0.1) is 32.6 Å². The number of benzene rings is 6. The fraction of sp³-hybridized carbons (Fsp3) is 0.0755. The molecule has 0 saturated carbocycles. The summed E-state index contributed by atoms with van der Waals surface area (Å²) < 4.78 is 3.65. The first kappa shape index (κ1) is 34.3. The van der Waals surface area contributed by atoms with Crippen LogP contribution in [0.5, 0.6) is 0 Å². The summed E-state index contributed by atoms with van der Waals surface area (Å²) in [5.74, 6) is 1.05. The maximum absolute atomic E-state index is 5.21. The minimum atomic E-state index is 0.302. The second kappa shape index (κ2) is 14.2. The van der Waals surface area contributed by atoms with Crippen molar-refractivity contribution in [3.8, 4) is 44.5 Å². The average molecular weight is 763 g/mol. The zero-order valence-electron chi connectivity index (χ0n) is 32.0. The molecule has 9 aromatic rings. The quantitative estimate of drug-likeness (QED) is 0.162. The smallest absolute Gasteiger partial charge is 0.160 e. The molecule has 5 heteroatoms. The highest BCUT2D eigenvalue weighted by molar-refractivity contribution is 7.21. The predicted molar refractivity (Wildman–Crippen MR) is 243 cm³/mol. The Morgan fingerprint density at radius 3 is 2.07 bits per heavy atom. The highest BCUT2D eigenvalue weighted by atomic mass is 32.1. The Kier molecular flexibility index (Phi) is 8.41. The molecule has 1 atom stereocenters.